The number of carbonyl (C=O) groups is 1. The van der Waals surface area contributed by atoms with Gasteiger partial charge in [-0.1, -0.05) is 37.1 Å². The molecule has 2 rings (SSSR count). The molecule has 0 spiro atoms. The SMILES string of the molecule is CC.CC1=CC(C(=O)N2CCOCC2)=CCC(C)=C1. The maximum atomic E-state index is 12.3. The summed E-state index contributed by atoms with van der Waals surface area (Å²) in [4.78, 5) is 14.2. The maximum absolute atomic E-state index is 12.3. The van der Waals surface area contributed by atoms with Gasteiger partial charge in [-0.2, -0.15) is 0 Å². The monoisotopic (exact) mass is 263 g/mol. The number of allylic oxidation sites excluding steroid dienone is 4. The van der Waals surface area contributed by atoms with Crippen molar-refractivity contribution in [2.75, 3.05) is 26.3 Å². The van der Waals surface area contributed by atoms with Crippen molar-refractivity contribution >= 4 is 5.91 Å². The van der Waals surface area contributed by atoms with Gasteiger partial charge in [-0.25, -0.2) is 0 Å². The second-order valence-electron chi connectivity index (χ2n) is 4.65. The normalized spacial score (nSPS) is 19.4. The van der Waals surface area contributed by atoms with Crippen LogP contribution in [0.2, 0.25) is 0 Å². The van der Waals surface area contributed by atoms with Crippen molar-refractivity contribution in [3.05, 3.63) is 34.9 Å². The fourth-order valence-electron chi connectivity index (χ4n) is 2.16. The lowest BCUT2D eigenvalue weighted by Crippen LogP contribution is -2.41. The summed E-state index contributed by atoms with van der Waals surface area (Å²) in [5.41, 5.74) is 3.26. The number of nitrogens with zero attached hydrogens (tertiary/aromatic N) is 1. The predicted molar refractivity (Wildman–Crippen MR) is 79.0 cm³/mol. The summed E-state index contributed by atoms with van der Waals surface area (Å²) in [5, 5.41) is 0. The van der Waals surface area contributed by atoms with Crippen LogP contribution in [0.5, 0.6) is 0 Å². The predicted octanol–water partition coefficient (Wildman–Crippen LogP) is 3.09. The Morgan fingerprint density at radius 2 is 1.79 bits per heavy atom. The fourth-order valence-corrected chi connectivity index (χ4v) is 2.16. The molecule has 106 valence electrons. The Morgan fingerprint density at radius 1 is 1.16 bits per heavy atom. The van der Waals surface area contributed by atoms with Crippen LogP contribution in [0.25, 0.3) is 0 Å². The van der Waals surface area contributed by atoms with Gasteiger partial charge >= 0.3 is 0 Å². The highest BCUT2D eigenvalue weighted by Gasteiger charge is 2.19. The lowest BCUT2D eigenvalue weighted by atomic mass is 10.1. The van der Waals surface area contributed by atoms with Crippen molar-refractivity contribution in [2.45, 2.75) is 34.1 Å². The number of carbonyl (C=O) groups excluding carboxylic acids is 1. The van der Waals surface area contributed by atoms with Gasteiger partial charge in [0.1, 0.15) is 0 Å². The molecular weight excluding hydrogens is 238 g/mol. The van der Waals surface area contributed by atoms with Crippen molar-refractivity contribution in [1.82, 2.24) is 4.90 Å². The van der Waals surface area contributed by atoms with E-state index in [1.54, 1.807) is 0 Å². The number of hydrogen-bond acceptors (Lipinski definition) is 2. The van der Waals surface area contributed by atoms with E-state index < -0.39 is 0 Å². The zero-order valence-electron chi connectivity index (χ0n) is 12.5. The van der Waals surface area contributed by atoms with Crippen molar-refractivity contribution in [2.24, 2.45) is 0 Å². The first-order chi connectivity index (χ1) is 9.16. The van der Waals surface area contributed by atoms with E-state index in [9.17, 15) is 4.79 Å². The molecule has 1 fully saturated rings. The van der Waals surface area contributed by atoms with Crippen molar-refractivity contribution in [3.63, 3.8) is 0 Å². The third-order valence-corrected chi connectivity index (χ3v) is 3.05. The quantitative estimate of drug-likeness (QED) is 0.727. The molecule has 1 heterocycles. The third kappa shape index (κ3) is 4.67. The average molecular weight is 263 g/mol. The Morgan fingerprint density at radius 3 is 2.42 bits per heavy atom. The van der Waals surface area contributed by atoms with Crippen LogP contribution in [0.1, 0.15) is 34.1 Å². The Labute approximate surface area is 116 Å². The first kappa shape index (κ1) is 15.7. The highest BCUT2D eigenvalue weighted by atomic mass is 16.5. The highest BCUT2D eigenvalue weighted by Crippen LogP contribution is 2.18. The molecule has 3 heteroatoms. The minimum absolute atomic E-state index is 0.135. The first-order valence-electron chi connectivity index (χ1n) is 7.09. The van der Waals surface area contributed by atoms with E-state index in [-0.39, 0.29) is 5.91 Å². The van der Waals surface area contributed by atoms with Gasteiger partial charge in [-0.15, -0.1) is 0 Å². The molecule has 0 radical (unpaired) electrons. The number of morpholine rings is 1. The van der Waals surface area contributed by atoms with Gasteiger partial charge < -0.3 is 9.64 Å². The minimum atomic E-state index is 0.135. The number of hydrogen-bond donors (Lipinski definition) is 0. The maximum Gasteiger partial charge on any atom is 0.253 e. The van der Waals surface area contributed by atoms with E-state index in [4.69, 9.17) is 4.74 Å². The molecule has 0 aromatic carbocycles. The van der Waals surface area contributed by atoms with Crippen LogP contribution in [-0.4, -0.2) is 37.1 Å². The average Bonchev–Trinajstić information content (AvgIpc) is 2.62. The second kappa shape index (κ2) is 7.95. The number of amides is 1. The first-order valence-corrected chi connectivity index (χ1v) is 7.09. The van der Waals surface area contributed by atoms with Gasteiger partial charge in [0.05, 0.1) is 13.2 Å². The van der Waals surface area contributed by atoms with Gasteiger partial charge in [-0.05, 0) is 26.3 Å². The molecule has 0 atom stereocenters. The molecule has 1 aliphatic carbocycles. The van der Waals surface area contributed by atoms with Crippen LogP contribution in [0, 0.1) is 0 Å². The number of rotatable bonds is 1. The van der Waals surface area contributed by atoms with E-state index in [1.165, 1.54) is 5.57 Å². The van der Waals surface area contributed by atoms with Gasteiger partial charge in [0.25, 0.3) is 5.91 Å². The molecule has 1 saturated heterocycles. The summed E-state index contributed by atoms with van der Waals surface area (Å²) in [5.74, 6) is 0.135. The zero-order valence-corrected chi connectivity index (χ0v) is 12.5. The summed E-state index contributed by atoms with van der Waals surface area (Å²) in [6.45, 7) is 10.8. The highest BCUT2D eigenvalue weighted by molar-refractivity contribution is 5.96. The fraction of sp³-hybridized carbons (Fsp3) is 0.562. The van der Waals surface area contributed by atoms with Crippen molar-refractivity contribution < 1.29 is 9.53 Å². The van der Waals surface area contributed by atoms with E-state index in [2.05, 4.69) is 13.0 Å². The third-order valence-electron chi connectivity index (χ3n) is 3.05. The Balaban J connectivity index is 0.000000861. The van der Waals surface area contributed by atoms with E-state index in [0.29, 0.717) is 26.3 Å². The molecule has 2 aliphatic rings. The molecule has 0 N–H and O–H groups in total. The lowest BCUT2D eigenvalue weighted by Gasteiger charge is -2.27. The molecular formula is C16H25NO2. The van der Waals surface area contributed by atoms with E-state index >= 15 is 0 Å². The summed E-state index contributed by atoms with van der Waals surface area (Å²) >= 11 is 0. The molecule has 0 saturated carbocycles. The second-order valence-corrected chi connectivity index (χ2v) is 4.65. The smallest absolute Gasteiger partial charge is 0.253 e. The van der Waals surface area contributed by atoms with Crippen molar-refractivity contribution in [3.8, 4) is 0 Å². The molecule has 3 nitrogen and oxygen atoms in total. The van der Waals surface area contributed by atoms with Gasteiger partial charge in [0.15, 0.2) is 0 Å². The van der Waals surface area contributed by atoms with Gasteiger partial charge in [0.2, 0.25) is 0 Å². The largest absolute Gasteiger partial charge is 0.378 e. The summed E-state index contributed by atoms with van der Waals surface area (Å²) in [7, 11) is 0. The molecule has 1 amide bonds. The Hall–Kier alpha value is -1.35. The molecule has 0 bridgehead atoms. The van der Waals surface area contributed by atoms with Crippen LogP contribution < -0.4 is 0 Å². The Bertz CT molecular complexity index is 399. The molecule has 1 aliphatic heterocycles. The molecule has 0 aromatic heterocycles. The minimum Gasteiger partial charge on any atom is -0.378 e. The summed E-state index contributed by atoms with van der Waals surface area (Å²) < 4.78 is 5.26. The van der Waals surface area contributed by atoms with Crippen LogP contribution in [0.3, 0.4) is 0 Å². The van der Waals surface area contributed by atoms with Crippen molar-refractivity contribution in [1.29, 1.82) is 0 Å². The molecule has 19 heavy (non-hydrogen) atoms. The topological polar surface area (TPSA) is 29.5 Å². The van der Waals surface area contributed by atoms with Crippen LogP contribution in [-0.2, 0) is 9.53 Å². The van der Waals surface area contributed by atoms with Crippen LogP contribution >= 0.6 is 0 Å². The standard InChI is InChI=1S/C14H19NO2.C2H6/c1-11-3-4-13(10-12(2)9-11)14(16)15-5-7-17-8-6-15;1-2/h4,9-10H,3,5-8H2,1-2H3;1-2H3. The Kier molecular flexibility index (Phi) is 6.57. The van der Waals surface area contributed by atoms with E-state index in [0.717, 1.165) is 17.6 Å². The van der Waals surface area contributed by atoms with Gasteiger partial charge in [-0.3, -0.25) is 4.79 Å². The molecule has 0 unspecified atom stereocenters. The van der Waals surface area contributed by atoms with E-state index in [1.807, 2.05) is 37.8 Å². The molecule has 0 aromatic rings. The van der Waals surface area contributed by atoms with Crippen LogP contribution in [0.4, 0.5) is 0 Å². The summed E-state index contributed by atoms with van der Waals surface area (Å²) in [6.07, 6.45) is 7.00. The van der Waals surface area contributed by atoms with Gasteiger partial charge in [0, 0.05) is 18.7 Å². The zero-order chi connectivity index (χ0) is 14.3. The lowest BCUT2D eigenvalue weighted by molar-refractivity contribution is -0.130. The number of ether oxygens (including phenoxy) is 1. The van der Waals surface area contributed by atoms with Crippen LogP contribution in [0.15, 0.2) is 34.9 Å². The summed E-state index contributed by atoms with van der Waals surface area (Å²) in [6, 6.07) is 0.